The van der Waals surface area contributed by atoms with Gasteiger partial charge in [-0.25, -0.2) is 0 Å². The molecule has 1 saturated carbocycles. The van der Waals surface area contributed by atoms with E-state index in [9.17, 15) is 4.79 Å². The summed E-state index contributed by atoms with van der Waals surface area (Å²) < 4.78 is 4.84. The maximum absolute atomic E-state index is 14.7. The van der Waals surface area contributed by atoms with Crippen LogP contribution >= 0.6 is 11.3 Å². The van der Waals surface area contributed by atoms with E-state index in [2.05, 4.69) is 57.6 Å². The molecule has 1 aromatic carbocycles. The van der Waals surface area contributed by atoms with Gasteiger partial charge in [0.05, 0.1) is 0 Å². The Kier molecular flexibility index (Phi) is 7.45. The Morgan fingerprint density at radius 3 is 2.78 bits per heavy atom. The minimum atomic E-state index is -0.140. The number of carbonyl (C=O) groups excluding carboxylic acids is 1. The van der Waals surface area contributed by atoms with Gasteiger partial charge >= 0.3 is 232 Å². The third-order valence-electron chi connectivity index (χ3n) is 9.29. The summed E-state index contributed by atoms with van der Waals surface area (Å²) in [5.41, 5.74) is 2.56. The number of halogens is 1. The van der Waals surface area contributed by atoms with Crippen LogP contribution in [0.25, 0.3) is 0 Å². The van der Waals surface area contributed by atoms with Crippen molar-refractivity contribution in [3.8, 4) is 0 Å². The number of nitrogens with zero attached hydrogens (tertiary/aromatic N) is 3. The van der Waals surface area contributed by atoms with Crippen molar-refractivity contribution in [2.45, 2.75) is 75.8 Å². The topological polar surface area (TPSA) is 48.5 Å². The van der Waals surface area contributed by atoms with Gasteiger partial charge < -0.3 is 0 Å². The SMILES string of the molecule is Cc1nc2c(s1)[C@@]1(CN[I-]CC1C(=O)N1CC[C@@H](c3ccccc3)C[C@H]1C1CCCCC1)CN(C)C2. The first-order valence-electron chi connectivity index (χ1n) is 13.9. The molecule has 7 heteroatoms. The van der Waals surface area contributed by atoms with E-state index in [1.54, 1.807) is 0 Å². The number of piperidine rings is 1. The van der Waals surface area contributed by atoms with E-state index in [-0.39, 0.29) is 32.8 Å². The van der Waals surface area contributed by atoms with Crippen molar-refractivity contribution >= 4 is 17.2 Å². The van der Waals surface area contributed by atoms with Crippen LogP contribution in [0.1, 0.15) is 72.0 Å². The first-order chi connectivity index (χ1) is 17.5. The van der Waals surface area contributed by atoms with E-state index in [0.29, 0.717) is 23.8 Å². The van der Waals surface area contributed by atoms with Gasteiger partial charge in [-0.05, 0) is 0 Å². The van der Waals surface area contributed by atoms with E-state index in [4.69, 9.17) is 4.98 Å². The molecule has 6 rings (SSSR count). The summed E-state index contributed by atoms with van der Waals surface area (Å²) >= 11 is 1.72. The number of aromatic nitrogens is 1. The van der Waals surface area contributed by atoms with Crippen molar-refractivity contribution in [1.82, 2.24) is 18.3 Å². The molecule has 1 unspecified atom stereocenters. The Hall–Kier alpha value is -1.03. The molecule has 36 heavy (non-hydrogen) atoms. The van der Waals surface area contributed by atoms with Crippen LogP contribution in [0.3, 0.4) is 0 Å². The predicted molar refractivity (Wildman–Crippen MR) is 142 cm³/mol. The molecule has 1 aliphatic carbocycles. The Labute approximate surface area is 231 Å². The predicted octanol–water partition coefficient (Wildman–Crippen LogP) is 1.71. The number of likely N-dealkylation sites (tertiary alicyclic amines) is 1. The van der Waals surface area contributed by atoms with Crippen LogP contribution < -0.4 is 25.0 Å². The Balaban J connectivity index is 1.32. The number of likely N-dealkylation sites (N-methyl/N-ethyl adjacent to an activating group) is 1. The normalized spacial score (nSPS) is 32.2. The van der Waals surface area contributed by atoms with Crippen LogP contribution in [-0.2, 0) is 16.8 Å². The summed E-state index contributed by atoms with van der Waals surface area (Å²) in [4.78, 5) is 25.9. The number of thiazole rings is 1. The third-order valence-corrected chi connectivity index (χ3v) is 12.8. The van der Waals surface area contributed by atoms with Crippen molar-refractivity contribution < 1.29 is 26.3 Å². The zero-order valence-corrected chi connectivity index (χ0v) is 24.7. The van der Waals surface area contributed by atoms with E-state index in [0.717, 1.165) is 48.5 Å². The molecule has 1 spiro atoms. The first-order valence-corrected chi connectivity index (χ1v) is 17.3. The van der Waals surface area contributed by atoms with Gasteiger partial charge in [-0.15, -0.1) is 0 Å². The second-order valence-corrected chi connectivity index (χ2v) is 15.2. The monoisotopic (exact) mass is 619 g/mol. The summed E-state index contributed by atoms with van der Waals surface area (Å²) in [6.45, 7) is 5.85. The van der Waals surface area contributed by atoms with E-state index >= 15 is 0 Å². The Bertz CT molecular complexity index is 1070. The second-order valence-electron chi connectivity index (χ2n) is 11.6. The number of amides is 1. The van der Waals surface area contributed by atoms with Crippen LogP contribution in [0, 0.1) is 18.8 Å². The zero-order valence-electron chi connectivity index (χ0n) is 21.7. The Morgan fingerprint density at radius 1 is 1.17 bits per heavy atom. The van der Waals surface area contributed by atoms with Crippen molar-refractivity contribution in [3.05, 3.63) is 51.5 Å². The van der Waals surface area contributed by atoms with Gasteiger partial charge in [0.2, 0.25) is 0 Å². The molecular weight excluding hydrogens is 579 g/mol. The summed E-state index contributed by atoms with van der Waals surface area (Å²) in [6.07, 6.45) is 8.84. The van der Waals surface area contributed by atoms with Crippen LogP contribution in [0.15, 0.2) is 30.3 Å². The van der Waals surface area contributed by atoms with Gasteiger partial charge in [-0.3, -0.25) is 0 Å². The number of rotatable bonds is 3. The molecule has 1 N–H and O–H groups in total. The number of alkyl halides is 1. The van der Waals surface area contributed by atoms with Crippen LogP contribution in [0.4, 0.5) is 0 Å². The molecule has 0 radical (unpaired) electrons. The molecule has 196 valence electrons. The third kappa shape index (κ3) is 4.67. The molecule has 2 aromatic rings. The van der Waals surface area contributed by atoms with Gasteiger partial charge in [0, 0.05) is 0 Å². The average Bonchev–Trinajstić information content (AvgIpc) is 3.30. The fraction of sp³-hybridized carbons (Fsp3) is 0.655. The fourth-order valence-corrected chi connectivity index (χ4v) is 11.7. The first kappa shape index (κ1) is 25.3. The van der Waals surface area contributed by atoms with Crippen LogP contribution in [0.2, 0.25) is 0 Å². The molecule has 5 nitrogen and oxygen atoms in total. The van der Waals surface area contributed by atoms with Gasteiger partial charge in [0.15, 0.2) is 0 Å². The van der Waals surface area contributed by atoms with E-state index in [1.807, 2.05) is 11.3 Å². The number of hydrogen-bond acceptors (Lipinski definition) is 5. The molecule has 4 heterocycles. The molecule has 2 saturated heterocycles. The number of benzene rings is 1. The quantitative estimate of drug-likeness (QED) is 0.323. The van der Waals surface area contributed by atoms with Crippen molar-refractivity contribution in [2.75, 3.05) is 31.1 Å². The van der Waals surface area contributed by atoms with E-state index < -0.39 is 0 Å². The molecule has 4 atom stereocenters. The number of aryl methyl sites for hydroxylation is 1. The summed E-state index contributed by atoms with van der Waals surface area (Å²) in [5, 5.41) is 1.14. The summed E-state index contributed by atoms with van der Waals surface area (Å²) in [6, 6.07) is 11.5. The maximum atomic E-state index is 14.7. The average molecular weight is 620 g/mol. The molecule has 3 aliphatic heterocycles. The van der Waals surface area contributed by atoms with Crippen molar-refractivity contribution in [1.29, 1.82) is 0 Å². The minimum absolute atomic E-state index is 0.0901. The number of fused-ring (bicyclic) bond motifs is 2. The molecule has 4 aliphatic rings. The summed E-state index contributed by atoms with van der Waals surface area (Å²) in [7, 11) is 2.21. The van der Waals surface area contributed by atoms with Gasteiger partial charge in [0.25, 0.3) is 0 Å². The second kappa shape index (κ2) is 10.6. The van der Waals surface area contributed by atoms with Gasteiger partial charge in [-0.1, -0.05) is 0 Å². The molecule has 1 aromatic heterocycles. The zero-order chi connectivity index (χ0) is 24.7. The van der Waals surface area contributed by atoms with Gasteiger partial charge in [0.1, 0.15) is 0 Å². The number of nitrogens with one attached hydrogen (secondary N) is 1. The molecule has 1 amide bonds. The molecule has 0 bridgehead atoms. The molecular formula is C29H40IN4OS-. The van der Waals surface area contributed by atoms with Crippen LogP contribution in [0.5, 0.6) is 0 Å². The summed E-state index contributed by atoms with van der Waals surface area (Å²) in [5.74, 6) is 1.79. The van der Waals surface area contributed by atoms with Gasteiger partial charge in [-0.2, -0.15) is 0 Å². The number of hydrogen-bond donors (Lipinski definition) is 1. The van der Waals surface area contributed by atoms with Crippen molar-refractivity contribution in [3.63, 3.8) is 0 Å². The van der Waals surface area contributed by atoms with E-state index in [1.165, 1.54) is 48.2 Å². The Morgan fingerprint density at radius 2 is 1.97 bits per heavy atom. The standard InChI is InChI=1S/C29H40IN4OS/c1-20-32-25-17-33(2)19-29(27(25)36-20)18-31-30-16-24(29)28(35)34-14-13-23(21-9-5-3-6-10-21)15-26(34)22-11-7-4-8-12-22/h3,5-6,9-10,22-24,26,31H,4,7-8,11-19H2,1-2H3/q-1/t23-,24?,26+,29+/m1/s1. The van der Waals surface area contributed by atoms with Crippen LogP contribution in [-0.4, -0.2) is 57.8 Å². The number of carbonyl (C=O) groups is 1. The molecule has 3 fully saturated rings. The van der Waals surface area contributed by atoms with Crippen molar-refractivity contribution in [2.24, 2.45) is 11.8 Å². The fourth-order valence-electron chi connectivity index (χ4n) is 7.57.